The molecule has 2 aromatic rings. The Morgan fingerprint density at radius 2 is 1.87 bits per heavy atom. The lowest BCUT2D eigenvalue weighted by Gasteiger charge is -2.40. The molecule has 3 aliphatic rings. The first-order chi connectivity index (χ1) is 11.3. The van der Waals surface area contributed by atoms with Crippen LogP contribution in [0.3, 0.4) is 0 Å². The van der Waals surface area contributed by atoms with E-state index in [9.17, 15) is 4.79 Å². The largest absolute Gasteiger partial charge is 0.350 e. The molecule has 5 rings (SSSR count). The average molecular weight is 307 g/mol. The number of carbonyl (C=O) groups is 1. The maximum Gasteiger partial charge on any atom is 0.240 e. The van der Waals surface area contributed by atoms with Gasteiger partial charge in [0.1, 0.15) is 5.54 Å². The van der Waals surface area contributed by atoms with Crippen LogP contribution in [-0.4, -0.2) is 27.9 Å². The molecule has 0 unspecified atom stereocenters. The molecule has 0 atom stereocenters. The second-order valence-corrected chi connectivity index (χ2v) is 6.71. The number of benzene rings is 1. The Hall–Kier alpha value is -2.20. The van der Waals surface area contributed by atoms with Crippen LogP contribution in [-0.2, 0) is 17.9 Å². The highest BCUT2D eigenvalue weighted by atomic mass is 16.2. The summed E-state index contributed by atoms with van der Waals surface area (Å²) in [4.78, 5) is 19.2. The van der Waals surface area contributed by atoms with Gasteiger partial charge in [-0.3, -0.25) is 14.7 Å². The van der Waals surface area contributed by atoms with Gasteiger partial charge in [0.15, 0.2) is 0 Å². The van der Waals surface area contributed by atoms with Gasteiger partial charge in [-0.05, 0) is 42.0 Å². The average Bonchev–Trinajstić information content (AvgIpc) is 3.09. The van der Waals surface area contributed by atoms with Crippen molar-refractivity contribution in [1.82, 2.24) is 15.2 Å². The molecule has 1 aromatic heterocycles. The van der Waals surface area contributed by atoms with Gasteiger partial charge in [-0.2, -0.15) is 0 Å². The van der Waals surface area contributed by atoms with E-state index in [2.05, 4.69) is 39.5 Å². The van der Waals surface area contributed by atoms with E-state index in [4.69, 9.17) is 0 Å². The fraction of sp³-hybridized carbons (Fsp3) is 0.368. The molecule has 0 radical (unpaired) electrons. The lowest BCUT2D eigenvalue weighted by Crippen LogP contribution is -2.57. The fourth-order valence-corrected chi connectivity index (χ4v) is 3.97. The van der Waals surface area contributed by atoms with Crippen LogP contribution in [0.25, 0.3) is 0 Å². The van der Waals surface area contributed by atoms with Gasteiger partial charge in [0, 0.05) is 32.0 Å². The highest BCUT2D eigenvalue weighted by molar-refractivity contribution is 5.88. The highest BCUT2D eigenvalue weighted by Crippen LogP contribution is 2.51. The topological polar surface area (TPSA) is 45.2 Å². The molecule has 23 heavy (non-hydrogen) atoms. The second kappa shape index (κ2) is 5.78. The van der Waals surface area contributed by atoms with Crippen LogP contribution in [0.1, 0.15) is 24.0 Å². The highest BCUT2D eigenvalue weighted by Gasteiger charge is 2.60. The zero-order valence-corrected chi connectivity index (χ0v) is 13.1. The summed E-state index contributed by atoms with van der Waals surface area (Å²) >= 11 is 0. The number of hydrogen-bond acceptors (Lipinski definition) is 3. The third kappa shape index (κ3) is 2.63. The summed E-state index contributed by atoms with van der Waals surface area (Å²) < 4.78 is 0. The summed E-state index contributed by atoms with van der Waals surface area (Å²) in [5, 5.41) is 3.13. The molecule has 4 heteroatoms. The van der Waals surface area contributed by atoms with Crippen molar-refractivity contribution >= 4 is 5.91 Å². The number of fused-ring (bicyclic) bond motifs is 1. The summed E-state index contributed by atoms with van der Waals surface area (Å²) in [5.74, 6) is 0.865. The molecule has 0 spiro atoms. The van der Waals surface area contributed by atoms with E-state index in [1.807, 2.05) is 18.2 Å². The van der Waals surface area contributed by atoms with Crippen molar-refractivity contribution in [1.29, 1.82) is 0 Å². The monoisotopic (exact) mass is 307 g/mol. The van der Waals surface area contributed by atoms with Gasteiger partial charge < -0.3 is 5.32 Å². The Morgan fingerprint density at radius 3 is 2.61 bits per heavy atom. The number of hydrogen-bond donors (Lipinski definition) is 1. The molecule has 1 aliphatic carbocycles. The normalized spacial score (nSPS) is 25.8. The smallest absolute Gasteiger partial charge is 0.240 e. The molecule has 1 amide bonds. The first-order valence-electron chi connectivity index (χ1n) is 8.22. The molecule has 2 aliphatic heterocycles. The quantitative estimate of drug-likeness (QED) is 0.922. The first-order valence-corrected chi connectivity index (χ1v) is 8.22. The van der Waals surface area contributed by atoms with Crippen molar-refractivity contribution in [3.8, 4) is 0 Å². The molecule has 1 aromatic carbocycles. The van der Waals surface area contributed by atoms with Crippen molar-refractivity contribution < 1.29 is 4.79 Å². The van der Waals surface area contributed by atoms with Crippen LogP contribution in [0, 0.1) is 5.92 Å². The minimum absolute atomic E-state index is 0.180. The molecule has 3 heterocycles. The first kappa shape index (κ1) is 14.4. The summed E-state index contributed by atoms with van der Waals surface area (Å²) in [5.41, 5.74) is 2.09. The predicted molar refractivity (Wildman–Crippen MR) is 88.4 cm³/mol. The van der Waals surface area contributed by atoms with Crippen LogP contribution < -0.4 is 5.32 Å². The Labute approximate surface area is 136 Å². The summed E-state index contributed by atoms with van der Waals surface area (Å²) in [7, 11) is 0. The third-order valence-corrected chi connectivity index (χ3v) is 5.18. The number of pyridine rings is 1. The molecule has 118 valence electrons. The minimum atomic E-state index is -0.284. The lowest BCUT2D eigenvalue weighted by atomic mass is 9.72. The zero-order valence-electron chi connectivity index (χ0n) is 13.1. The van der Waals surface area contributed by atoms with Crippen molar-refractivity contribution in [3.63, 3.8) is 0 Å². The van der Waals surface area contributed by atoms with Crippen LogP contribution in [0.5, 0.6) is 0 Å². The van der Waals surface area contributed by atoms with Gasteiger partial charge in [0.05, 0.1) is 0 Å². The number of nitrogens with zero attached hydrogens (tertiary/aromatic N) is 2. The lowest BCUT2D eigenvalue weighted by molar-refractivity contribution is -0.135. The molecule has 4 nitrogen and oxygen atoms in total. The Kier molecular flexibility index (Phi) is 3.62. The predicted octanol–water partition coefficient (Wildman–Crippen LogP) is 2.36. The SMILES string of the molecule is O=C(NCc1ccncc1)C12CC(CN1Cc1ccccc1)C2. The van der Waals surface area contributed by atoms with E-state index in [-0.39, 0.29) is 11.4 Å². The molecule has 2 bridgehead atoms. The summed E-state index contributed by atoms with van der Waals surface area (Å²) in [6.45, 7) is 2.48. The maximum absolute atomic E-state index is 12.8. The molecule has 3 fully saturated rings. The summed E-state index contributed by atoms with van der Waals surface area (Å²) in [6, 6.07) is 14.3. The van der Waals surface area contributed by atoms with Gasteiger partial charge >= 0.3 is 0 Å². The van der Waals surface area contributed by atoms with Crippen molar-refractivity contribution in [2.24, 2.45) is 5.92 Å². The van der Waals surface area contributed by atoms with Gasteiger partial charge in [-0.1, -0.05) is 30.3 Å². The standard InChI is InChI=1S/C19H21N3O/c23-18(21-12-15-6-8-20-9-7-15)19-10-17(11-19)14-22(19)13-16-4-2-1-3-5-16/h1-9,17H,10-14H2,(H,21,23). The van der Waals surface area contributed by atoms with Gasteiger partial charge in [-0.25, -0.2) is 0 Å². The Balaban J connectivity index is 1.43. The zero-order chi connectivity index (χ0) is 15.7. The number of amides is 1. The van der Waals surface area contributed by atoms with E-state index in [1.165, 1.54) is 5.56 Å². The van der Waals surface area contributed by atoms with E-state index < -0.39 is 0 Å². The van der Waals surface area contributed by atoms with Gasteiger partial charge in [0.25, 0.3) is 0 Å². The molecular weight excluding hydrogens is 286 g/mol. The van der Waals surface area contributed by atoms with Crippen molar-refractivity contribution in [2.75, 3.05) is 6.54 Å². The van der Waals surface area contributed by atoms with E-state index in [0.29, 0.717) is 12.5 Å². The second-order valence-electron chi connectivity index (χ2n) is 6.71. The van der Waals surface area contributed by atoms with Crippen molar-refractivity contribution in [2.45, 2.75) is 31.5 Å². The fourth-order valence-electron chi connectivity index (χ4n) is 3.97. The van der Waals surface area contributed by atoms with Crippen LogP contribution in [0.15, 0.2) is 54.9 Å². The Bertz CT molecular complexity index is 680. The van der Waals surface area contributed by atoms with Crippen LogP contribution in [0.4, 0.5) is 0 Å². The minimum Gasteiger partial charge on any atom is -0.350 e. The number of nitrogens with one attached hydrogen (secondary N) is 1. The molecule has 1 N–H and O–H groups in total. The van der Waals surface area contributed by atoms with Gasteiger partial charge in [0.2, 0.25) is 5.91 Å². The van der Waals surface area contributed by atoms with Crippen LogP contribution >= 0.6 is 0 Å². The number of rotatable bonds is 5. The Morgan fingerprint density at radius 1 is 1.13 bits per heavy atom. The third-order valence-electron chi connectivity index (χ3n) is 5.18. The van der Waals surface area contributed by atoms with E-state index in [0.717, 1.165) is 31.5 Å². The molecule has 2 saturated heterocycles. The van der Waals surface area contributed by atoms with E-state index >= 15 is 0 Å². The van der Waals surface area contributed by atoms with Gasteiger partial charge in [-0.15, -0.1) is 0 Å². The maximum atomic E-state index is 12.8. The van der Waals surface area contributed by atoms with Crippen LogP contribution in [0.2, 0.25) is 0 Å². The number of aromatic nitrogens is 1. The molecular formula is C19H21N3O. The van der Waals surface area contributed by atoms with Crippen molar-refractivity contribution in [3.05, 3.63) is 66.0 Å². The van der Waals surface area contributed by atoms with E-state index in [1.54, 1.807) is 12.4 Å². The summed E-state index contributed by atoms with van der Waals surface area (Å²) in [6.07, 6.45) is 5.52. The molecule has 1 saturated carbocycles. The number of carbonyl (C=O) groups excluding carboxylic acids is 1.